The Morgan fingerprint density at radius 3 is 1.60 bits per heavy atom. The zero-order valence-electron chi connectivity index (χ0n) is 36.0. The highest BCUT2D eigenvalue weighted by molar-refractivity contribution is 7.92. The van der Waals surface area contributed by atoms with Gasteiger partial charge in [0.15, 0.2) is 70.3 Å². The van der Waals surface area contributed by atoms with E-state index in [1.165, 1.54) is 62.4 Å². The number of sulfone groups is 1. The SMILES string of the molecule is CC(=O)N[C@H]1[C@H]([C@H](OC(=O)NCC2=CCC(S(=O)(=O)c3ccc(CNC(=O)O[C@@H]([C@@H]4OC(C=O)=C[C@H](N=C(N)N)[C@H]4NC(C)=O)[C@H](O)CO)cc3)C=C2)[C@H](O)CO)OC(C=O)=C[C@@H]1N=C(N)N. The summed E-state index contributed by atoms with van der Waals surface area (Å²) in [4.78, 5) is 81.5. The molecule has 26 nitrogen and oxygen atoms in total. The molecule has 4 rings (SSSR count). The van der Waals surface area contributed by atoms with Gasteiger partial charge in [-0.2, -0.15) is 0 Å². The largest absolute Gasteiger partial charge is 0.481 e. The van der Waals surface area contributed by atoms with Crippen molar-refractivity contribution < 1.29 is 76.6 Å². The third kappa shape index (κ3) is 14.5. The van der Waals surface area contributed by atoms with Crippen LogP contribution in [0.25, 0.3) is 0 Å². The van der Waals surface area contributed by atoms with Crippen LogP contribution in [-0.2, 0) is 54.5 Å². The van der Waals surface area contributed by atoms with Crippen LogP contribution in [0, 0.1) is 0 Å². The quantitative estimate of drug-likeness (QED) is 0.0332. The highest BCUT2D eigenvalue weighted by Gasteiger charge is 2.47. The molecular formula is C40H54N10O16S. The average Bonchev–Trinajstić information content (AvgIpc) is 3.28. The van der Waals surface area contributed by atoms with Gasteiger partial charge in [0.2, 0.25) is 11.8 Å². The van der Waals surface area contributed by atoms with Crippen LogP contribution >= 0.6 is 0 Å². The number of allylic oxidation sites excluding steroid dienone is 3. The van der Waals surface area contributed by atoms with E-state index in [0.717, 1.165) is 0 Å². The molecule has 4 amide bonds. The number of hydrogen-bond acceptors (Lipinski definition) is 18. The number of amides is 4. The van der Waals surface area contributed by atoms with E-state index in [1.54, 1.807) is 6.08 Å². The molecule has 0 fully saturated rings. The fourth-order valence-electron chi connectivity index (χ4n) is 7.13. The normalized spacial score (nSPS) is 24.0. The van der Waals surface area contributed by atoms with Gasteiger partial charge in [0.05, 0.1) is 47.5 Å². The Kier molecular flexibility index (Phi) is 18.8. The number of carbonyl (C=O) groups is 6. The van der Waals surface area contributed by atoms with Crippen LogP contribution in [0.1, 0.15) is 25.8 Å². The van der Waals surface area contributed by atoms with Crippen molar-refractivity contribution in [1.82, 2.24) is 21.3 Å². The molecule has 67 heavy (non-hydrogen) atoms. The molecule has 1 unspecified atom stereocenters. The Hall–Kier alpha value is -7.07. The van der Waals surface area contributed by atoms with Crippen LogP contribution in [0.4, 0.5) is 9.59 Å². The number of aliphatic hydroxyl groups is 4. The van der Waals surface area contributed by atoms with Gasteiger partial charge in [0.25, 0.3) is 0 Å². The summed E-state index contributed by atoms with van der Waals surface area (Å²) in [5.74, 6) is -2.61. The fraction of sp³-hybridized carbons (Fsp3) is 0.450. The molecule has 16 N–H and O–H groups in total. The number of aliphatic hydroxyl groups excluding tert-OH is 4. The lowest BCUT2D eigenvalue weighted by Gasteiger charge is -2.39. The van der Waals surface area contributed by atoms with Crippen molar-refractivity contribution in [3.05, 3.63) is 77.3 Å². The Morgan fingerprint density at radius 1 is 0.776 bits per heavy atom. The Morgan fingerprint density at radius 2 is 1.22 bits per heavy atom. The first-order valence-corrected chi connectivity index (χ1v) is 21.8. The van der Waals surface area contributed by atoms with Crippen LogP contribution in [0.15, 0.2) is 86.6 Å². The maximum Gasteiger partial charge on any atom is 0.407 e. The van der Waals surface area contributed by atoms with Crippen molar-refractivity contribution >= 4 is 58.3 Å². The molecule has 3 aliphatic rings. The van der Waals surface area contributed by atoms with Gasteiger partial charge in [-0.15, -0.1) is 0 Å². The summed E-state index contributed by atoms with van der Waals surface area (Å²) in [6, 6.07) is 0.938. The van der Waals surface area contributed by atoms with Crippen molar-refractivity contribution in [3.63, 3.8) is 0 Å². The molecule has 27 heteroatoms. The predicted octanol–water partition coefficient (Wildman–Crippen LogP) is -4.63. The minimum Gasteiger partial charge on any atom is -0.481 e. The van der Waals surface area contributed by atoms with Gasteiger partial charge in [-0.25, -0.2) is 28.0 Å². The van der Waals surface area contributed by atoms with E-state index in [2.05, 4.69) is 31.3 Å². The maximum absolute atomic E-state index is 13.6. The lowest BCUT2D eigenvalue weighted by Crippen LogP contribution is -2.60. The number of guanidine groups is 2. The number of carbonyl (C=O) groups excluding carboxylic acids is 6. The Labute approximate surface area is 383 Å². The second-order valence-electron chi connectivity index (χ2n) is 15.1. The second kappa shape index (κ2) is 23.9. The van der Waals surface area contributed by atoms with Crippen LogP contribution in [0.2, 0.25) is 0 Å². The maximum atomic E-state index is 13.6. The van der Waals surface area contributed by atoms with Gasteiger partial charge < -0.3 is 83.6 Å². The van der Waals surface area contributed by atoms with Crippen LogP contribution in [0.3, 0.4) is 0 Å². The van der Waals surface area contributed by atoms with Gasteiger partial charge in [0, 0.05) is 26.9 Å². The molecule has 2 heterocycles. The number of hydrogen-bond donors (Lipinski definition) is 12. The predicted molar refractivity (Wildman–Crippen MR) is 233 cm³/mol. The summed E-state index contributed by atoms with van der Waals surface area (Å²) in [6.45, 7) is 0.0904. The topological polar surface area (TPSA) is 431 Å². The van der Waals surface area contributed by atoms with E-state index in [9.17, 15) is 57.6 Å². The molecule has 0 aromatic heterocycles. The number of nitrogens with two attached hydrogens (primary N) is 4. The molecule has 0 bridgehead atoms. The molecule has 0 saturated heterocycles. The average molecular weight is 963 g/mol. The van der Waals surface area contributed by atoms with E-state index in [1.807, 2.05) is 0 Å². The molecule has 1 aromatic rings. The zero-order valence-corrected chi connectivity index (χ0v) is 36.9. The smallest absolute Gasteiger partial charge is 0.407 e. The van der Waals surface area contributed by atoms with Gasteiger partial charge in [-0.1, -0.05) is 30.4 Å². The summed E-state index contributed by atoms with van der Waals surface area (Å²) in [7, 11) is -3.97. The summed E-state index contributed by atoms with van der Waals surface area (Å²) in [5.41, 5.74) is 23.0. The second-order valence-corrected chi connectivity index (χ2v) is 17.3. The van der Waals surface area contributed by atoms with E-state index < -0.39 is 125 Å². The minimum absolute atomic E-state index is 0.00160. The highest BCUT2D eigenvalue weighted by Crippen LogP contribution is 2.28. The number of aldehydes is 2. The Bertz CT molecular complexity index is 2280. The van der Waals surface area contributed by atoms with Gasteiger partial charge in [-0.3, -0.25) is 19.2 Å². The van der Waals surface area contributed by atoms with E-state index >= 15 is 0 Å². The third-order valence-electron chi connectivity index (χ3n) is 10.2. The highest BCUT2D eigenvalue weighted by atomic mass is 32.2. The number of benzene rings is 1. The minimum atomic E-state index is -3.97. The third-order valence-corrected chi connectivity index (χ3v) is 12.2. The number of aliphatic imine (C=N–C) groups is 2. The monoisotopic (exact) mass is 962 g/mol. The summed E-state index contributed by atoms with van der Waals surface area (Å²) in [6.07, 6.45) is -4.61. The standard InChI is InChI=1S/C40H54N10O16S/c1-19(55)47-31-27(49-37(41)42)11-23(15-51)63-35(31)33(29(57)17-53)65-39(59)45-13-21-3-7-25(8-4-21)67(61,62)26-9-5-22(6-10-26)14-46-40(60)66-34(30(58)18-54)36-32(48-20(2)56)28(50-38(43)44)12-24(16-52)64-36/h3-9,11-12,15-16,26-36,53-54,57-58H,10,13-14,17-18H2,1-2H3,(H,45,59)(H,46,60)(H,47,55)(H,48,56)(H4,41,42,49)(H4,43,44,50)/t26?,27-,28-,29+,30+,31+,32+,33+,34+,35+,36+/m0/s1. The van der Waals surface area contributed by atoms with Crippen molar-refractivity contribution in [1.29, 1.82) is 0 Å². The first-order chi connectivity index (χ1) is 31.7. The number of rotatable bonds is 20. The van der Waals surface area contributed by atoms with Crippen LogP contribution < -0.4 is 44.2 Å². The van der Waals surface area contributed by atoms with Gasteiger partial charge >= 0.3 is 12.2 Å². The first kappa shape index (κ1) is 52.6. The Balaban J connectivity index is 1.36. The summed E-state index contributed by atoms with van der Waals surface area (Å²) in [5, 5.41) is 49.8. The zero-order chi connectivity index (χ0) is 49.6. The van der Waals surface area contributed by atoms with Gasteiger partial charge in [0.1, 0.15) is 12.2 Å². The number of alkyl carbamates (subject to hydrolysis) is 2. The molecule has 366 valence electrons. The van der Waals surface area contributed by atoms with Gasteiger partial charge in [-0.05, 0) is 41.8 Å². The van der Waals surface area contributed by atoms with Crippen LogP contribution in [-0.4, -0.2) is 163 Å². The molecule has 2 aliphatic heterocycles. The molecule has 1 aromatic carbocycles. The lowest BCUT2D eigenvalue weighted by molar-refractivity contribution is -0.130. The lowest BCUT2D eigenvalue weighted by atomic mass is 9.92. The number of ether oxygens (including phenoxy) is 4. The van der Waals surface area contributed by atoms with Crippen molar-refractivity contribution in [2.75, 3.05) is 19.8 Å². The number of nitrogens with zero attached hydrogens (tertiary/aromatic N) is 2. The van der Waals surface area contributed by atoms with E-state index in [0.29, 0.717) is 23.7 Å². The summed E-state index contributed by atoms with van der Waals surface area (Å²) >= 11 is 0. The number of nitrogens with one attached hydrogen (secondary N) is 4. The van der Waals surface area contributed by atoms with Crippen LogP contribution in [0.5, 0.6) is 0 Å². The summed E-state index contributed by atoms with van der Waals surface area (Å²) < 4.78 is 49.3. The molecule has 0 saturated carbocycles. The van der Waals surface area contributed by atoms with Crippen molar-refractivity contribution in [2.24, 2.45) is 32.9 Å². The van der Waals surface area contributed by atoms with E-state index in [-0.39, 0.29) is 35.9 Å². The molecule has 1 aliphatic carbocycles. The first-order valence-electron chi connectivity index (χ1n) is 20.3. The molecule has 11 atom stereocenters. The van der Waals surface area contributed by atoms with Crippen molar-refractivity contribution in [3.8, 4) is 0 Å². The molecular weight excluding hydrogens is 909 g/mol. The molecule has 0 radical (unpaired) electrons. The van der Waals surface area contributed by atoms with E-state index in [4.69, 9.17) is 41.9 Å². The fourth-order valence-corrected chi connectivity index (χ4v) is 8.63. The van der Waals surface area contributed by atoms with Crippen molar-refractivity contribution in [2.45, 2.75) is 97.7 Å². The molecule has 0 spiro atoms.